The molecule has 3 N–H and O–H groups in total. The number of halogens is 2. The van der Waals surface area contributed by atoms with Crippen LogP contribution in [0.25, 0.3) is 0 Å². The Labute approximate surface area is 213 Å². The van der Waals surface area contributed by atoms with E-state index in [1.54, 1.807) is 0 Å². The van der Waals surface area contributed by atoms with Crippen LogP contribution < -0.4 is 10.6 Å². The largest absolute Gasteiger partial charge is 0.390 e. The third-order valence-electron chi connectivity index (χ3n) is 7.95. The normalized spacial score (nSPS) is 25.7. The number of hydrogen-bond acceptors (Lipinski definition) is 4. The van der Waals surface area contributed by atoms with Gasteiger partial charge in [0.05, 0.1) is 6.10 Å². The first-order valence-corrected chi connectivity index (χ1v) is 13.0. The minimum absolute atomic E-state index is 0.0580. The van der Waals surface area contributed by atoms with E-state index in [2.05, 4.69) is 60.7 Å². The van der Waals surface area contributed by atoms with Crippen LogP contribution in [0.2, 0.25) is 0 Å². The molecule has 4 rings (SSSR count). The highest BCUT2D eigenvalue weighted by atomic mass is 19.1. The molecular formula is C29H39F2N3O2. The average Bonchev–Trinajstić information content (AvgIpc) is 3.31. The fourth-order valence-corrected chi connectivity index (χ4v) is 6.26. The summed E-state index contributed by atoms with van der Waals surface area (Å²) in [6.07, 6.45) is 1.14. The lowest BCUT2D eigenvalue weighted by atomic mass is 9.82. The van der Waals surface area contributed by atoms with Gasteiger partial charge in [0.1, 0.15) is 11.6 Å². The van der Waals surface area contributed by atoms with Gasteiger partial charge in [-0.1, -0.05) is 38.1 Å². The quantitative estimate of drug-likeness (QED) is 0.489. The SMILES string of the molecule is CC(=O)NCC(O)C(Cc1cc(F)cc(F)c1)NC1(c2cccc(C(C)C)c2)CC2CN(C)CC2C1. The van der Waals surface area contributed by atoms with Crippen LogP contribution in [0.15, 0.2) is 42.5 Å². The number of aliphatic hydroxyl groups is 1. The number of rotatable bonds is 9. The van der Waals surface area contributed by atoms with Gasteiger partial charge in [-0.3, -0.25) is 4.79 Å². The number of carbonyl (C=O) groups is 1. The van der Waals surface area contributed by atoms with Crippen molar-refractivity contribution in [2.45, 2.75) is 63.6 Å². The first-order chi connectivity index (χ1) is 17.0. The molecule has 2 aromatic carbocycles. The molecule has 0 spiro atoms. The Bertz CT molecular complexity index is 1040. The minimum Gasteiger partial charge on any atom is -0.390 e. The third kappa shape index (κ3) is 6.13. The topological polar surface area (TPSA) is 64.6 Å². The lowest BCUT2D eigenvalue weighted by Crippen LogP contribution is -2.55. The highest BCUT2D eigenvalue weighted by Crippen LogP contribution is 2.49. The molecule has 4 atom stereocenters. The van der Waals surface area contributed by atoms with Crippen LogP contribution in [-0.4, -0.2) is 54.7 Å². The summed E-state index contributed by atoms with van der Waals surface area (Å²) < 4.78 is 28.0. The van der Waals surface area contributed by atoms with Gasteiger partial charge in [0.25, 0.3) is 0 Å². The zero-order valence-corrected chi connectivity index (χ0v) is 21.7. The van der Waals surface area contributed by atoms with Crippen molar-refractivity contribution in [3.05, 3.63) is 70.8 Å². The summed E-state index contributed by atoms with van der Waals surface area (Å²) in [5, 5.41) is 17.7. The van der Waals surface area contributed by atoms with Crippen LogP contribution in [0, 0.1) is 23.5 Å². The van der Waals surface area contributed by atoms with Gasteiger partial charge in [0.2, 0.25) is 5.91 Å². The van der Waals surface area contributed by atoms with E-state index in [1.807, 2.05) is 0 Å². The Morgan fingerprint density at radius 3 is 2.33 bits per heavy atom. The number of benzene rings is 2. The fraction of sp³-hybridized carbons (Fsp3) is 0.552. The summed E-state index contributed by atoms with van der Waals surface area (Å²) in [6.45, 7) is 7.89. The zero-order chi connectivity index (χ0) is 26.0. The molecule has 7 heteroatoms. The van der Waals surface area contributed by atoms with Gasteiger partial charge < -0.3 is 20.6 Å². The van der Waals surface area contributed by atoms with E-state index < -0.39 is 23.8 Å². The van der Waals surface area contributed by atoms with Crippen LogP contribution in [0.5, 0.6) is 0 Å². The van der Waals surface area contributed by atoms with Gasteiger partial charge in [0, 0.05) is 44.2 Å². The van der Waals surface area contributed by atoms with Crippen LogP contribution in [0.4, 0.5) is 8.78 Å². The summed E-state index contributed by atoms with van der Waals surface area (Å²) in [5.74, 6) is -0.0708. The van der Waals surface area contributed by atoms with Crippen LogP contribution >= 0.6 is 0 Å². The van der Waals surface area contributed by atoms with Gasteiger partial charge in [-0.2, -0.15) is 0 Å². The Kier molecular flexibility index (Phi) is 8.12. The highest BCUT2D eigenvalue weighted by Gasteiger charge is 2.50. The second-order valence-electron chi connectivity index (χ2n) is 11.2. The summed E-state index contributed by atoms with van der Waals surface area (Å²) in [4.78, 5) is 13.9. The molecule has 2 fully saturated rings. The Balaban J connectivity index is 1.69. The molecule has 196 valence electrons. The number of fused-ring (bicyclic) bond motifs is 1. The maximum atomic E-state index is 14.0. The maximum Gasteiger partial charge on any atom is 0.216 e. The number of aliphatic hydroxyl groups excluding tert-OH is 1. The monoisotopic (exact) mass is 499 g/mol. The van der Waals surface area contributed by atoms with Crippen LogP contribution in [0.1, 0.15) is 56.2 Å². The predicted molar refractivity (Wildman–Crippen MR) is 138 cm³/mol. The summed E-state index contributed by atoms with van der Waals surface area (Å²) in [5.41, 5.74) is 2.53. The Morgan fingerprint density at radius 2 is 1.75 bits per heavy atom. The highest BCUT2D eigenvalue weighted by molar-refractivity contribution is 5.72. The number of nitrogens with zero attached hydrogens (tertiary/aromatic N) is 1. The Hall–Kier alpha value is -2.35. The van der Waals surface area contributed by atoms with Crippen molar-refractivity contribution in [2.75, 3.05) is 26.7 Å². The molecule has 0 aromatic heterocycles. The number of likely N-dealkylation sites (tertiary alicyclic amines) is 1. The summed E-state index contributed by atoms with van der Waals surface area (Å²) >= 11 is 0. The Morgan fingerprint density at radius 1 is 1.11 bits per heavy atom. The van der Waals surface area contributed by atoms with E-state index in [0.717, 1.165) is 32.0 Å². The van der Waals surface area contributed by atoms with Gasteiger partial charge >= 0.3 is 0 Å². The van der Waals surface area contributed by atoms with E-state index in [0.29, 0.717) is 23.3 Å². The van der Waals surface area contributed by atoms with Crippen LogP contribution in [0.3, 0.4) is 0 Å². The molecule has 1 amide bonds. The van der Waals surface area contributed by atoms with E-state index in [4.69, 9.17) is 0 Å². The molecule has 1 aliphatic carbocycles. The van der Waals surface area contributed by atoms with E-state index >= 15 is 0 Å². The molecule has 36 heavy (non-hydrogen) atoms. The number of nitrogens with one attached hydrogen (secondary N) is 2. The van der Waals surface area contributed by atoms with Crippen molar-refractivity contribution >= 4 is 5.91 Å². The molecule has 2 aromatic rings. The average molecular weight is 500 g/mol. The molecule has 5 nitrogen and oxygen atoms in total. The fourth-order valence-electron chi connectivity index (χ4n) is 6.26. The molecule has 2 aliphatic rings. The minimum atomic E-state index is -0.937. The molecule has 0 radical (unpaired) electrons. The third-order valence-corrected chi connectivity index (χ3v) is 7.95. The first kappa shape index (κ1) is 26.7. The first-order valence-electron chi connectivity index (χ1n) is 13.0. The molecule has 0 bridgehead atoms. The molecule has 4 unspecified atom stereocenters. The predicted octanol–water partition coefficient (Wildman–Crippen LogP) is 3.95. The van der Waals surface area contributed by atoms with Crippen molar-refractivity contribution < 1.29 is 18.7 Å². The van der Waals surface area contributed by atoms with Crippen LogP contribution in [-0.2, 0) is 16.8 Å². The second kappa shape index (κ2) is 11.0. The van der Waals surface area contributed by atoms with Gasteiger partial charge in [-0.05, 0) is 72.9 Å². The standard InChI is InChI=1S/C29H39F2N3O2/c1-18(2)21-6-5-7-24(11-21)29(13-22-16-34(4)17-23(22)14-29)33-27(28(36)15-32-19(3)35)10-20-8-25(30)12-26(31)9-20/h5-9,11-12,18,22-23,27-28,33,36H,10,13-17H2,1-4H3,(H,32,35). The van der Waals surface area contributed by atoms with E-state index in [-0.39, 0.29) is 24.4 Å². The van der Waals surface area contributed by atoms with Crippen molar-refractivity contribution in [3.8, 4) is 0 Å². The second-order valence-corrected chi connectivity index (χ2v) is 11.2. The summed E-state index contributed by atoms with van der Waals surface area (Å²) in [7, 11) is 2.16. The van der Waals surface area contributed by atoms with Crippen molar-refractivity contribution in [3.63, 3.8) is 0 Å². The van der Waals surface area contributed by atoms with Gasteiger partial charge in [0.15, 0.2) is 0 Å². The van der Waals surface area contributed by atoms with Gasteiger partial charge in [-0.15, -0.1) is 0 Å². The number of amides is 1. The molecule has 1 saturated heterocycles. The number of carbonyl (C=O) groups excluding carboxylic acids is 1. The lowest BCUT2D eigenvalue weighted by molar-refractivity contribution is -0.119. The molecule has 1 aliphatic heterocycles. The number of hydrogen-bond donors (Lipinski definition) is 3. The zero-order valence-electron chi connectivity index (χ0n) is 21.7. The smallest absolute Gasteiger partial charge is 0.216 e. The lowest BCUT2D eigenvalue weighted by Gasteiger charge is -2.39. The van der Waals surface area contributed by atoms with E-state index in [1.165, 1.54) is 30.2 Å². The summed E-state index contributed by atoms with van der Waals surface area (Å²) in [6, 6.07) is 11.6. The van der Waals surface area contributed by atoms with Crippen molar-refractivity contribution in [1.82, 2.24) is 15.5 Å². The molecule has 1 heterocycles. The maximum absolute atomic E-state index is 14.0. The van der Waals surface area contributed by atoms with Gasteiger partial charge in [-0.25, -0.2) is 8.78 Å². The van der Waals surface area contributed by atoms with Crippen molar-refractivity contribution in [1.29, 1.82) is 0 Å². The molecular weight excluding hydrogens is 460 g/mol. The van der Waals surface area contributed by atoms with E-state index in [9.17, 15) is 18.7 Å². The van der Waals surface area contributed by atoms with Crippen molar-refractivity contribution in [2.24, 2.45) is 11.8 Å². The molecule has 1 saturated carbocycles.